The molecule has 0 saturated heterocycles. The molecule has 0 aliphatic rings. The second-order valence-electron chi connectivity index (χ2n) is 9.03. The first-order chi connectivity index (χ1) is 16.6. The Morgan fingerprint density at radius 2 is 1.06 bits per heavy atom. The summed E-state index contributed by atoms with van der Waals surface area (Å²) in [7, 11) is 0. The van der Waals surface area contributed by atoms with Crippen molar-refractivity contribution in [1.29, 1.82) is 0 Å². The Labute approximate surface area is 206 Å². The predicted molar refractivity (Wildman–Crippen MR) is 139 cm³/mol. The van der Waals surface area contributed by atoms with Gasteiger partial charge in [0.1, 0.15) is 5.75 Å². The molecule has 2 aromatic carbocycles. The molecular weight excluding hydrogens is 424 g/mol. The lowest BCUT2D eigenvalue weighted by Gasteiger charge is -2.08. The van der Waals surface area contributed by atoms with Crippen molar-refractivity contribution in [3.63, 3.8) is 0 Å². The van der Waals surface area contributed by atoms with Gasteiger partial charge in [-0.1, -0.05) is 90.2 Å². The number of hydrogen-bond donors (Lipinski definition) is 0. The zero-order chi connectivity index (χ0) is 24.4. The van der Waals surface area contributed by atoms with E-state index < -0.39 is 11.9 Å². The van der Waals surface area contributed by atoms with Crippen LogP contribution in [0.2, 0.25) is 0 Å². The maximum atomic E-state index is 12.3. The second kappa shape index (κ2) is 16.9. The quantitative estimate of drug-likeness (QED) is 0.134. The fourth-order valence-electron chi connectivity index (χ4n) is 3.86. The zero-order valence-electron chi connectivity index (χ0n) is 21.2. The lowest BCUT2D eigenvalue weighted by Crippen LogP contribution is -2.13. The van der Waals surface area contributed by atoms with Gasteiger partial charge in [-0.15, -0.1) is 0 Å². The minimum Gasteiger partial charge on any atom is -0.494 e. The molecule has 0 spiro atoms. The van der Waals surface area contributed by atoms with Crippen LogP contribution in [0.3, 0.4) is 0 Å². The highest BCUT2D eigenvalue weighted by Crippen LogP contribution is 2.16. The molecule has 4 nitrogen and oxygen atoms in total. The van der Waals surface area contributed by atoms with Gasteiger partial charge in [-0.3, -0.25) is 0 Å². The van der Waals surface area contributed by atoms with Gasteiger partial charge in [-0.05, 0) is 61.2 Å². The first kappa shape index (κ1) is 27.6. The second-order valence-corrected chi connectivity index (χ2v) is 9.03. The molecule has 0 aliphatic carbocycles. The minimum atomic E-state index is -0.652. The molecule has 2 rings (SSSR count). The molecule has 186 valence electrons. The van der Waals surface area contributed by atoms with Gasteiger partial charge in [-0.25, -0.2) is 9.59 Å². The molecule has 0 heterocycles. The number of unbranched alkanes of at least 4 members (excludes halogenated alkanes) is 10. The average molecular weight is 467 g/mol. The van der Waals surface area contributed by atoms with Crippen molar-refractivity contribution in [2.45, 2.75) is 97.3 Å². The van der Waals surface area contributed by atoms with Crippen LogP contribution in [0, 0.1) is 0 Å². The van der Waals surface area contributed by atoms with E-state index in [4.69, 9.17) is 9.47 Å². The third kappa shape index (κ3) is 11.0. The number of benzene rings is 2. The predicted octanol–water partition coefficient (Wildman–Crippen LogP) is 8.33. The summed E-state index contributed by atoms with van der Waals surface area (Å²) < 4.78 is 10.8. The van der Waals surface area contributed by atoms with E-state index in [0.717, 1.165) is 31.4 Å². The van der Waals surface area contributed by atoms with Gasteiger partial charge in [0.2, 0.25) is 0 Å². The highest BCUT2D eigenvalue weighted by atomic mass is 16.6. The third-order valence-electron chi connectivity index (χ3n) is 6.05. The Kier molecular flexibility index (Phi) is 13.7. The van der Waals surface area contributed by atoms with Crippen LogP contribution in [0.25, 0.3) is 0 Å². The van der Waals surface area contributed by atoms with Crippen molar-refractivity contribution in [1.82, 2.24) is 0 Å². The average Bonchev–Trinajstić information content (AvgIpc) is 2.86. The molecule has 0 saturated carbocycles. The first-order valence-corrected chi connectivity index (χ1v) is 13.2. The van der Waals surface area contributed by atoms with Crippen molar-refractivity contribution in [3.05, 3.63) is 65.2 Å². The van der Waals surface area contributed by atoms with Crippen molar-refractivity contribution in [3.8, 4) is 5.75 Å². The Morgan fingerprint density at radius 1 is 0.588 bits per heavy atom. The summed E-state index contributed by atoms with van der Waals surface area (Å²) in [5.41, 5.74) is 1.89. The summed E-state index contributed by atoms with van der Waals surface area (Å²) in [5.74, 6) is -0.559. The highest BCUT2D eigenvalue weighted by molar-refractivity contribution is 6.02. The van der Waals surface area contributed by atoms with Crippen LogP contribution >= 0.6 is 0 Å². The number of esters is 2. The molecule has 0 bridgehead atoms. The Morgan fingerprint density at radius 3 is 1.59 bits per heavy atom. The molecule has 0 unspecified atom stereocenters. The maximum absolute atomic E-state index is 12.3. The van der Waals surface area contributed by atoms with Crippen LogP contribution in [0.15, 0.2) is 48.5 Å². The van der Waals surface area contributed by atoms with Crippen LogP contribution in [0.1, 0.15) is 117 Å². The third-order valence-corrected chi connectivity index (χ3v) is 6.05. The van der Waals surface area contributed by atoms with Gasteiger partial charge in [-0.2, -0.15) is 0 Å². The Balaban J connectivity index is 1.63. The molecule has 0 amide bonds. The monoisotopic (exact) mass is 466 g/mol. The molecule has 2 aromatic rings. The smallest absolute Gasteiger partial charge is 0.346 e. The van der Waals surface area contributed by atoms with Gasteiger partial charge in [0.25, 0.3) is 0 Å². The summed E-state index contributed by atoms with van der Waals surface area (Å²) >= 11 is 0. The largest absolute Gasteiger partial charge is 0.494 e. The summed E-state index contributed by atoms with van der Waals surface area (Å²) in [4.78, 5) is 24.6. The van der Waals surface area contributed by atoms with E-state index in [1.165, 1.54) is 63.4 Å². The van der Waals surface area contributed by atoms with Gasteiger partial charge in [0.05, 0.1) is 17.7 Å². The molecule has 0 N–H and O–H groups in total. The van der Waals surface area contributed by atoms with Crippen LogP contribution in [-0.2, 0) is 11.2 Å². The Hall–Kier alpha value is -2.62. The molecule has 0 radical (unpaired) electrons. The van der Waals surface area contributed by atoms with Crippen molar-refractivity contribution < 1.29 is 19.1 Å². The number of hydrogen-bond acceptors (Lipinski definition) is 4. The van der Waals surface area contributed by atoms with E-state index in [2.05, 4.69) is 13.8 Å². The van der Waals surface area contributed by atoms with E-state index in [1.54, 1.807) is 36.4 Å². The molecule has 0 atom stereocenters. The number of carbonyl (C=O) groups excluding carboxylic acids is 2. The SMILES string of the molecule is CCCCCCCCCCCCOc1ccc(C(=O)OC(=O)c2ccc(CCCC)cc2)cc1. The van der Waals surface area contributed by atoms with E-state index in [9.17, 15) is 9.59 Å². The normalized spacial score (nSPS) is 10.8. The summed E-state index contributed by atoms with van der Waals surface area (Å²) in [5, 5.41) is 0. The highest BCUT2D eigenvalue weighted by Gasteiger charge is 2.15. The van der Waals surface area contributed by atoms with E-state index in [1.807, 2.05) is 12.1 Å². The fourth-order valence-corrected chi connectivity index (χ4v) is 3.86. The number of ether oxygens (including phenoxy) is 2. The molecular formula is C30H42O4. The summed E-state index contributed by atoms with van der Waals surface area (Å²) in [6.07, 6.45) is 16.1. The van der Waals surface area contributed by atoms with E-state index in [0.29, 0.717) is 17.7 Å². The van der Waals surface area contributed by atoms with Crippen molar-refractivity contribution >= 4 is 11.9 Å². The van der Waals surface area contributed by atoms with E-state index >= 15 is 0 Å². The van der Waals surface area contributed by atoms with E-state index in [-0.39, 0.29) is 0 Å². The van der Waals surface area contributed by atoms with Gasteiger partial charge < -0.3 is 9.47 Å². The fraction of sp³-hybridized carbons (Fsp3) is 0.533. The number of aryl methyl sites for hydroxylation is 1. The summed E-state index contributed by atoms with van der Waals surface area (Å²) in [6, 6.07) is 14.0. The van der Waals surface area contributed by atoms with Crippen LogP contribution < -0.4 is 4.74 Å². The standard InChI is InChI=1S/C30H42O4/c1-3-5-7-8-9-10-11-12-13-14-24-33-28-22-20-27(21-23-28)30(32)34-29(31)26-18-16-25(17-19-26)15-6-4-2/h16-23H,3-15,24H2,1-2H3. The van der Waals surface area contributed by atoms with Crippen molar-refractivity contribution in [2.24, 2.45) is 0 Å². The topological polar surface area (TPSA) is 52.6 Å². The number of rotatable bonds is 17. The molecule has 4 heteroatoms. The van der Waals surface area contributed by atoms with Crippen LogP contribution in [-0.4, -0.2) is 18.5 Å². The zero-order valence-corrected chi connectivity index (χ0v) is 21.2. The lowest BCUT2D eigenvalue weighted by molar-refractivity contribution is 0.0398. The number of carbonyl (C=O) groups is 2. The molecule has 0 fully saturated rings. The lowest BCUT2D eigenvalue weighted by atomic mass is 10.1. The maximum Gasteiger partial charge on any atom is 0.346 e. The van der Waals surface area contributed by atoms with Crippen LogP contribution in [0.5, 0.6) is 5.75 Å². The van der Waals surface area contributed by atoms with Gasteiger partial charge in [0, 0.05) is 0 Å². The molecule has 34 heavy (non-hydrogen) atoms. The molecule has 0 aliphatic heterocycles. The summed E-state index contributed by atoms with van der Waals surface area (Å²) in [6.45, 7) is 5.07. The minimum absolute atomic E-state index is 0.333. The first-order valence-electron chi connectivity index (χ1n) is 13.2. The van der Waals surface area contributed by atoms with Crippen LogP contribution in [0.4, 0.5) is 0 Å². The van der Waals surface area contributed by atoms with Gasteiger partial charge in [0.15, 0.2) is 0 Å². The van der Waals surface area contributed by atoms with Gasteiger partial charge >= 0.3 is 11.9 Å². The van der Waals surface area contributed by atoms with Crippen molar-refractivity contribution in [2.75, 3.05) is 6.61 Å². The Bertz CT molecular complexity index is 824. The molecule has 0 aromatic heterocycles.